The average molecular weight is 726 g/mol. The molecule has 0 spiro atoms. The Labute approximate surface area is 324 Å². The lowest BCUT2D eigenvalue weighted by Gasteiger charge is -2.42. The van der Waals surface area contributed by atoms with Crippen LogP contribution >= 0.6 is 0 Å². The van der Waals surface area contributed by atoms with E-state index in [1.807, 2.05) is 30.3 Å². The molecule has 10 aromatic rings. The van der Waals surface area contributed by atoms with Crippen molar-refractivity contribution in [2.75, 3.05) is 0 Å². The predicted octanol–water partition coefficient (Wildman–Crippen LogP) is 13.8. The van der Waals surface area contributed by atoms with Crippen LogP contribution in [0.5, 0.6) is 0 Å². The molecular weight excluding hydrogens is 687 g/mol. The molecule has 3 aromatic heterocycles. The number of rotatable bonds is 4. The highest BCUT2D eigenvalue weighted by atomic mass is 16.3. The number of fused-ring (bicyclic) bond motifs is 8. The zero-order valence-electron chi connectivity index (χ0n) is 31.9. The van der Waals surface area contributed by atoms with Crippen molar-refractivity contribution >= 4 is 54.6 Å². The van der Waals surface area contributed by atoms with Crippen molar-refractivity contribution in [2.24, 2.45) is 0 Å². The second-order valence-corrected chi connectivity index (χ2v) is 16.7. The van der Waals surface area contributed by atoms with Gasteiger partial charge in [-0.15, -0.1) is 0 Å². The summed E-state index contributed by atoms with van der Waals surface area (Å²) in [6.07, 6.45) is 2.35. The third-order valence-corrected chi connectivity index (χ3v) is 12.2. The molecule has 56 heavy (non-hydrogen) atoms. The van der Waals surface area contributed by atoms with Crippen LogP contribution in [0.4, 0.5) is 0 Å². The molecule has 1 aliphatic rings. The maximum atomic E-state index is 6.54. The zero-order valence-corrected chi connectivity index (χ0v) is 31.9. The van der Waals surface area contributed by atoms with Crippen molar-refractivity contribution in [3.8, 4) is 45.3 Å². The van der Waals surface area contributed by atoms with Crippen LogP contribution in [0.1, 0.15) is 51.7 Å². The van der Waals surface area contributed by atoms with Crippen molar-refractivity contribution in [1.29, 1.82) is 0 Å². The van der Waals surface area contributed by atoms with Gasteiger partial charge in [-0.1, -0.05) is 125 Å². The van der Waals surface area contributed by atoms with Crippen molar-refractivity contribution in [3.63, 3.8) is 0 Å². The molecule has 5 nitrogen and oxygen atoms in total. The van der Waals surface area contributed by atoms with Gasteiger partial charge >= 0.3 is 0 Å². The quantitative estimate of drug-likeness (QED) is 0.181. The highest BCUT2D eigenvalue weighted by molar-refractivity contribution is 6.14. The molecule has 0 bridgehead atoms. The Balaban J connectivity index is 1.13. The summed E-state index contributed by atoms with van der Waals surface area (Å²) in [5.74, 6) is 1.79. The topological polar surface area (TPSA) is 65.0 Å². The summed E-state index contributed by atoms with van der Waals surface area (Å²) in [7, 11) is 0. The second kappa shape index (κ2) is 12.0. The minimum absolute atomic E-state index is 0.104. The highest BCUT2D eigenvalue weighted by Crippen LogP contribution is 2.48. The zero-order chi connectivity index (χ0) is 37.8. The lowest BCUT2D eigenvalue weighted by molar-refractivity contribution is 0.332. The van der Waals surface area contributed by atoms with Crippen molar-refractivity contribution < 1.29 is 8.83 Å². The third kappa shape index (κ3) is 5.11. The number of para-hydroxylation sites is 1. The monoisotopic (exact) mass is 725 g/mol. The van der Waals surface area contributed by atoms with Gasteiger partial charge in [0.1, 0.15) is 22.3 Å². The molecule has 0 unspecified atom stereocenters. The first-order valence-corrected chi connectivity index (χ1v) is 19.5. The van der Waals surface area contributed by atoms with Gasteiger partial charge in [0.05, 0.1) is 0 Å². The molecule has 270 valence electrons. The fourth-order valence-corrected chi connectivity index (χ4v) is 9.01. The number of nitrogens with zero attached hydrogens (tertiary/aromatic N) is 3. The number of hydrogen-bond donors (Lipinski definition) is 0. The summed E-state index contributed by atoms with van der Waals surface area (Å²) in [5.41, 5.74) is 11.5. The normalized spacial score (nSPS) is 14.9. The molecule has 1 aliphatic carbocycles. The molecule has 3 heterocycles. The molecule has 5 heteroatoms. The van der Waals surface area contributed by atoms with E-state index in [-0.39, 0.29) is 10.8 Å². The Kier molecular flexibility index (Phi) is 7.00. The van der Waals surface area contributed by atoms with E-state index in [0.29, 0.717) is 17.5 Å². The summed E-state index contributed by atoms with van der Waals surface area (Å²) in [4.78, 5) is 15.6. The summed E-state index contributed by atoms with van der Waals surface area (Å²) < 4.78 is 12.8. The predicted molar refractivity (Wildman–Crippen MR) is 229 cm³/mol. The standard InChI is InChI=1S/C51H39N3O2/c1-50(2)25-26-51(3,4)40-29-32(21-23-39(40)50)35-14-9-17-43-45(35)38-28-34(22-24-42(38)56-43)48-52-47(33-20-19-30-11-5-6-12-31(30)27-33)53-49(54-48)37-15-10-18-44-46(37)36-13-7-8-16-41(36)55-44/h5-24,27-29H,25-26H2,1-4H3. The van der Waals surface area contributed by atoms with E-state index in [1.54, 1.807) is 0 Å². The van der Waals surface area contributed by atoms with Crippen molar-refractivity contribution in [3.05, 3.63) is 151 Å². The van der Waals surface area contributed by atoms with Crippen LogP contribution in [-0.2, 0) is 10.8 Å². The van der Waals surface area contributed by atoms with Crippen molar-refractivity contribution in [2.45, 2.75) is 51.4 Å². The molecule has 0 fully saturated rings. The van der Waals surface area contributed by atoms with Crippen LogP contribution < -0.4 is 0 Å². The van der Waals surface area contributed by atoms with Crippen LogP contribution in [0.2, 0.25) is 0 Å². The first kappa shape index (κ1) is 32.8. The second-order valence-electron chi connectivity index (χ2n) is 16.7. The molecule has 7 aromatic carbocycles. The minimum atomic E-state index is 0.104. The molecule has 0 amide bonds. The number of furan rings is 2. The van der Waals surface area contributed by atoms with Gasteiger partial charge in [-0.25, -0.2) is 15.0 Å². The molecule has 0 saturated carbocycles. The van der Waals surface area contributed by atoms with Gasteiger partial charge in [-0.3, -0.25) is 0 Å². The maximum absolute atomic E-state index is 6.54. The summed E-state index contributed by atoms with van der Waals surface area (Å²) in [6, 6.07) is 48.8. The van der Waals surface area contributed by atoms with Crippen LogP contribution in [-0.4, -0.2) is 15.0 Å². The molecule has 0 saturated heterocycles. The van der Waals surface area contributed by atoms with Gasteiger partial charge < -0.3 is 8.83 Å². The lowest BCUT2D eigenvalue weighted by atomic mass is 9.63. The molecular formula is C51H39N3O2. The van der Waals surface area contributed by atoms with Crippen LogP contribution in [0.3, 0.4) is 0 Å². The van der Waals surface area contributed by atoms with Gasteiger partial charge in [0.2, 0.25) is 0 Å². The third-order valence-electron chi connectivity index (χ3n) is 12.2. The van der Waals surface area contributed by atoms with Crippen LogP contribution in [0, 0.1) is 0 Å². The van der Waals surface area contributed by atoms with E-state index in [1.165, 1.54) is 34.9 Å². The Morgan fingerprint density at radius 3 is 1.77 bits per heavy atom. The lowest BCUT2D eigenvalue weighted by Crippen LogP contribution is -2.33. The first-order chi connectivity index (χ1) is 27.2. The van der Waals surface area contributed by atoms with E-state index >= 15 is 0 Å². The van der Waals surface area contributed by atoms with Gasteiger partial charge in [0.15, 0.2) is 17.5 Å². The Morgan fingerprint density at radius 1 is 0.411 bits per heavy atom. The smallest absolute Gasteiger partial charge is 0.164 e. The molecule has 0 radical (unpaired) electrons. The van der Waals surface area contributed by atoms with Gasteiger partial charge in [-0.05, 0) is 99.2 Å². The number of aromatic nitrogens is 3. The maximum Gasteiger partial charge on any atom is 0.164 e. The van der Waals surface area contributed by atoms with E-state index in [0.717, 1.165) is 71.5 Å². The molecule has 0 aliphatic heterocycles. The first-order valence-electron chi connectivity index (χ1n) is 19.5. The molecule has 11 rings (SSSR count). The minimum Gasteiger partial charge on any atom is -0.456 e. The van der Waals surface area contributed by atoms with Gasteiger partial charge in [-0.2, -0.15) is 0 Å². The largest absolute Gasteiger partial charge is 0.456 e. The summed E-state index contributed by atoms with van der Waals surface area (Å²) in [5, 5.41) is 6.44. The Morgan fingerprint density at radius 2 is 0.982 bits per heavy atom. The van der Waals surface area contributed by atoms with Crippen LogP contribution in [0.25, 0.3) is 99.9 Å². The fourth-order valence-electron chi connectivity index (χ4n) is 9.01. The van der Waals surface area contributed by atoms with Gasteiger partial charge in [0, 0.05) is 38.2 Å². The number of hydrogen-bond acceptors (Lipinski definition) is 5. The van der Waals surface area contributed by atoms with E-state index in [9.17, 15) is 0 Å². The fraction of sp³-hybridized carbons (Fsp3) is 0.157. The Hall–Kier alpha value is -6.59. The molecule has 0 atom stereocenters. The SMILES string of the molecule is CC1(C)CCC(C)(C)c2cc(-c3cccc4oc5ccc(-c6nc(-c7ccc8ccccc8c7)nc(-c7cccc8oc9ccccc9c78)n6)cc5c34)ccc21. The average Bonchev–Trinajstić information content (AvgIpc) is 3.80. The van der Waals surface area contributed by atoms with Crippen LogP contribution in [0.15, 0.2) is 148 Å². The summed E-state index contributed by atoms with van der Waals surface area (Å²) >= 11 is 0. The van der Waals surface area contributed by atoms with E-state index in [4.69, 9.17) is 23.8 Å². The Bertz CT molecular complexity index is 3220. The van der Waals surface area contributed by atoms with E-state index < -0.39 is 0 Å². The van der Waals surface area contributed by atoms with Crippen molar-refractivity contribution in [1.82, 2.24) is 15.0 Å². The number of benzene rings is 7. The highest BCUT2D eigenvalue weighted by Gasteiger charge is 2.37. The molecule has 0 N–H and O–H groups in total. The van der Waals surface area contributed by atoms with Gasteiger partial charge in [0.25, 0.3) is 0 Å². The van der Waals surface area contributed by atoms with E-state index in [2.05, 4.69) is 137 Å². The summed E-state index contributed by atoms with van der Waals surface area (Å²) in [6.45, 7) is 9.52.